The number of carboxylic acids is 1. The Morgan fingerprint density at radius 2 is 2.00 bits per heavy atom. The molecule has 3 rings (SSSR count). The highest BCUT2D eigenvalue weighted by Gasteiger charge is 2.35. The molecule has 0 aliphatic carbocycles. The van der Waals surface area contributed by atoms with Gasteiger partial charge in [0.1, 0.15) is 6.17 Å². The summed E-state index contributed by atoms with van der Waals surface area (Å²) in [6, 6.07) is 5.12. The predicted molar refractivity (Wildman–Crippen MR) is 112 cm³/mol. The Bertz CT molecular complexity index is 1040. The van der Waals surface area contributed by atoms with Crippen LogP contribution in [0.4, 0.5) is 24.8 Å². The maximum Gasteiger partial charge on any atom is 0.419 e. The lowest BCUT2D eigenvalue weighted by atomic mass is 10.00. The largest absolute Gasteiger partial charge is 0.481 e. The monoisotopic (exact) mass is 450 g/mol. The molecular weight excluding hydrogens is 429 g/mol. The first-order chi connectivity index (χ1) is 15.1. The summed E-state index contributed by atoms with van der Waals surface area (Å²) in [7, 11) is 1.49. The van der Waals surface area contributed by atoms with Crippen molar-refractivity contribution in [3.8, 4) is 11.1 Å². The molecule has 0 spiro atoms. The SMILES string of the molecule is CN1C=C(C(F)(F)F)C=NC1c1cccc(-c2cnc(NCC(O)CC(=O)O)nc2)c1N. The van der Waals surface area contributed by atoms with E-state index < -0.39 is 36.4 Å². The fraction of sp³-hybridized carbons (Fsp3) is 0.300. The third-order valence-electron chi connectivity index (χ3n) is 4.70. The number of allylic oxidation sites excluding steroid dienone is 1. The molecule has 2 atom stereocenters. The predicted octanol–water partition coefficient (Wildman–Crippen LogP) is 2.43. The van der Waals surface area contributed by atoms with Crippen molar-refractivity contribution < 1.29 is 28.2 Å². The molecule has 0 radical (unpaired) electrons. The summed E-state index contributed by atoms with van der Waals surface area (Å²) in [6.07, 6.45) is -1.97. The Kier molecular flexibility index (Phi) is 6.63. The molecule has 12 heteroatoms. The summed E-state index contributed by atoms with van der Waals surface area (Å²) in [5.41, 5.74) is 7.45. The Hall–Kier alpha value is -3.67. The van der Waals surface area contributed by atoms with Crippen molar-refractivity contribution in [2.75, 3.05) is 24.6 Å². The number of halogens is 3. The molecule has 0 amide bonds. The minimum Gasteiger partial charge on any atom is -0.481 e. The van der Waals surface area contributed by atoms with E-state index in [0.29, 0.717) is 22.4 Å². The van der Waals surface area contributed by atoms with Crippen LogP contribution in [0.25, 0.3) is 11.1 Å². The standard InChI is InChI=1S/C20H21F3N6O3/c1-29-10-12(20(21,22)23)8-25-18(29)15-4-2-3-14(17(15)24)11-6-26-19(27-7-11)28-9-13(30)5-16(31)32/h2-4,6-8,10,13,18,30H,5,9,24H2,1H3,(H,31,32)(H,26,27,28). The summed E-state index contributed by atoms with van der Waals surface area (Å²) < 4.78 is 38.8. The zero-order valence-electron chi connectivity index (χ0n) is 16.9. The van der Waals surface area contributed by atoms with E-state index in [1.54, 1.807) is 18.2 Å². The molecule has 0 bridgehead atoms. The van der Waals surface area contributed by atoms with Crippen LogP contribution in [0.3, 0.4) is 0 Å². The van der Waals surface area contributed by atoms with Crippen molar-refractivity contribution in [3.05, 3.63) is 47.9 Å². The minimum atomic E-state index is -4.49. The van der Waals surface area contributed by atoms with E-state index in [0.717, 1.165) is 12.4 Å². The normalized spacial score (nSPS) is 17.1. The van der Waals surface area contributed by atoms with Crippen LogP contribution in [0.5, 0.6) is 0 Å². The molecule has 32 heavy (non-hydrogen) atoms. The molecule has 1 aliphatic heterocycles. The smallest absolute Gasteiger partial charge is 0.419 e. The van der Waals surface area contributed by atoms with Gasteiger partial charge in [-0.3, -0.25) is 9.79 Å². The number of aliphatic imine (C=N–C) groups is 1. The molecular formula is C20H21F3N6O3. The van der Waals surface area contributed by atoms with Gasteiger partial charge >= 0.3 is 12.1 Å². The van der Waals surface area contributed by atoms with E-state index in [2.05, 4.69) is 20.3 Å². The van der Waals surface area contributed by atoms with Crippen molar-refractivity contribution in [2.45, 2.75) is 24.9 Å². The number of nitrogen functional groups attached to an aromatic ring is 1. The number of benzene rings is 1. The maximum atomic E-state index is 12.9. The summed E-state index contributed by atoms with van der Waals surface area (Å²) >= 11 is 0. The lowest BCUT2D eigenvalue weighted by Crippen LogP contribution is -2.27. The molecule has 1 aromatic heterocycles. The third kappa shape index (κ3) is 5.32. The topological polar surface area (TPSA) is 137 Å². The number of hydrogen-bond acceptors (Lipinski definition) is 8. The van der Waals surface area contributed by atoms with Gasteiger partial charge in [-0.2, -0.15) is 13.2 Å². The number of nitrogens with zero attached hydrogens (tertiary/aromatic N) is 4. The van der Waals surface area contributed by atoms with Gasteiger partial charge in [0.05, 0.1) is 18.1 Å². The summed E-state index contributed by atoms with van der Waals surface area (Å²) in [6.45, 7) is -0.0390. The Balaban J connectivity index is 1.77. The van der Waals surface area contributed by atoms with Crippen LogP contribution in [-0.2, 0) is 4.79 Å². The van der Waals surface area contributed by atoms with Crippen LogP contribution in [0.1, 0.15) is 18.2 Å². The number of aliphatic hydroxyl groups excluding tert-OH is 1. The van der Waals surface area contributed by atoms with E-state index in [-0.39, 0.29) is 12.5 Å². The van der Waals surface area contributed by atoms with E-state index in [4.69, 9.17) is 10.8 Å². The van der Waals surface area contributed by atoms with Gasteiger partial charge in [0.25, 0.3) is 0 Å². The Morgan fingerprint density at radius 1 is 1.31 bits per heavy atom. The quantitative estimate of drug-likeness (QED) is 0.472. The highest BCUT2D eigenvalue weighted by Crippen LogP contribution is 2.37. The van der Waals surface area contributed by atoms with Crippen molar-refractivity contribution in [1.82, 2.24) is 14.9 Å². The van der Waals surface area contributed by atoms with Crippen LogP contribution in [0, 0.1) is 0 Å². The molecule has 2 unspecified atom stereocenters. The van der Waals surface area contributed by atoms with Gasteiger partial charge in [-0.15, -0.1) is 0 Å². The summed E-state index contributed by atoms with van der Waals surface area (Å²) in [5, 5.41) is 21.0. The van der Waals surface area contributed by atoms with Gasteiger partial charge in [0.2, 0.25) is 5.95 Å². The van der Waals surface area contributed by atoms with Gasteiger partial charge in [-0.05, 0) is 0 Å². The zero-order valence-corrected chi connectivity index (χ0v) is 16.9. The highest BCUT2D eigenvalue weighted by molar-refractivity contribution is 5.82. The second-order valence-corrected chi connectivity index (χ2v) is 7.14. The minimum absolute atomic E-state index is 0.0390. The van der Waals surface area contributed by atoms with Gasteiger partial charge in [0.15, 0.2) is 0 Å². The van der Waals surface area contributed by atoms with E-state index in [9.17, 15) is 23.1 Å². The first kappa shape index (κ1) is 23.0. The molecule has 1 aliphatic rings. The second kappa shape index (κ2) is 9.22. The van der Waals surface area contributed by atoms with Crippen molar-refractivity contribution in [2.24, 2.45) is 4.99 Å². The number of aromatic nitrogens is 2. The molecule has 2 aromatic rings. The molecule has 0 saturated carbocycles. The van der Waals surface area contributed by atoms with Gasteiger partial charge < -0.3 is 26.2 Å². The van der Waals surface area contributed by atoms with E-state index in [1.807, 2.05) is 0 Å². The lowest BCUT2D eigenvalue weighted by Gasteiger charge is -2.29. The number of carbonyl (C=O) groups is 1. The first-order valence-corrected chi connectivity index (χ1v) is 9.45. The molecule has 2 heterocycles. The van der Waals surface area contributed by atoms with Gasteiger partial charge in [-0.1, -0.05) is 18.2 Å². The average Bonchev–Trinajstić information content (AvgIpc) is 2.72. The molecule has 9 nitrogen and oxygen atoms in total. The number of para-hydroxylation sites is 1. The zero-order chi connectivity index (χ0) is 23.5. The number of aliphatic carboxylic acids is 1. The lowest BCUT2D eigenvalue weighted by molar-refractivity contribution is -0.139. The second-order valence-electron chi connectivity index (χ2n) is 7.14. The number of rotatable bonds is 7. The van der Waals surface area contributed by atoms with Gasteiger partial charge in [0, 0.05) is 60.8 Å². The van der Waals surface area contributed by atoms with E-state index >= 15 is 0 Å². The summed E-state index contributed by atoms with van der Waals surface area (Å²) in [5.74, 6) is -0.932. The van der Waals surface area contributed by atoms with Gasteiger partial charge in [-0.25, -0.2) is 9.97 Å². The highest BCUT2D eigenvalue weighted by atomic mass is 19.4. The number of hydrogen-bond donors (Lipinski definition) is 4. The number of alkyl halides is 3. The third-order valence-corrected chi connectivity index (χ3v) is 4.70. The number of aliphatic hydroxyl groups is 1. The van der Waals surface area contributed by atoms with Crippen molar-refractivity contribution in [1.29, 1.82) is 0 Å². The number of carboxylic acid groups (broad SMARTS) is 1. The molecule has 1 aromatic carbocycles. The fourth-order valence-electron chi connectivity index (χ4n) is 3.13. The molecule has 0 saturated heterocycles. The van der Waals surface area contributed by atoms with Crippen LogP contribution >= 0.6 is 0 Å². The van der Waals surface area contributed by atoms with Crippen molar-refractivity contribution in [3.63, 3.8) is 0 Å². The summed E-state index contributed by atoms with van der Waals surface area (Å²) in [4.78, 5) is 24.2. The number of nitrogens with two attached hydrogens (primary N) is 1. The van der Waals surface area contributed by atoms with Crippen LogP contribution < -0.4 is 11.1 Å². The maximum absolute atomic E-state index is 12.9. The Morgan fingerprint density at radius 3 is 2.59 bits per heavy atom. The molecule has 5 N–H and O–H groups in total. The van der Waals surface area contributed by atoms with Crippen molar-refractivity contribution >= 4 is 23.8 Å². The number of anilines is 2. The Labute approximate surface area is 181 Å². The van der Waals surface area contributed by atoms with Crippen LogP contribution in [0.2, 0.25) is 0 Å². The molecule has 170 valence electrons. The average molecular weight is 450 g/mol. The fourth-order valence-corrected chi connectivity index (χ4v) is 3.13. The van der Waals surface area contributed by atoms with Crippen LogP contribution in [-0.4, -0.2) is 63.1 Å². The number of nitrogens with one attached hydrogen (secondary N) is 1. The van der Waals surface area contributed by atoms with Crippen LogP contribution in [0.15, 0.2) is 47.4 Å². The first-order valence-electron chi connectivity index (χ1n) is 9.45. The van der Waals surface area contributed by atoms with E-state index in [1.165, 1.54) is 24.3 Å². The molecule has 0 fully saturated rings.